The van der Waals surface area contributed by atoms with Crippen molar-refractivity contribution < 1.29 is 4.79 Å². The highest BCUT2D eigenvalue weighted by molar-refractivity contribution is 9.10. The largest absolute Gasteiger partial charge is 0.315 e. The fourth-order valence-electron chi connectivity index (χ4n) is 1.98. The van der Waals surface area contributed by atoms with Gasteiger partial charge in [-0.25, -0.2) is 0 Å². The zero-order chi connectivity index (χ0) is 11.7. The van der Waals surface area contributed by atoms with Crippen LogP contribution in [0.3, 0.4) is 0 Å². The second-order valence-electron chi connectivity index (χ2n) is 4.04. The van der Waals surface area contributed by atoms with Gasteiger partial charge in [0.2, 0.25) is 5.91 Å². The molecule has 0 radical (unpaired) electrons. The van der Waals surface area contributed by atoms with Crippen LogP contribution in [0.15, 0.2) is 28.7 Å². The fraction of sp³-hybridized carbons (Fsp3) is 0.308. The van der Waals surface area contributed by atoms with Crippen molar-refractivity contribution in [3.63, 3.8) is 0 Å². The van der Waals surface area contributed by atoms with Crippen LogP contribution in [0.1, 0.15) is 24.0 Å². The van der Waals surface area contributed by atoms with Gasteiger partial charge >= 0.3 is 0 Å². The maximum atomic E-state index is 11.6. The van der Waals surface area contributed by atoms with Crippen LogP contribution >= 0.6 is 15.9 Å². The highest BCUT2D eigenvalue weighted by Crippen LogP contribution is 2.28. The summed E-state index contributed by atoms with van der Waals surface area (Å²) >= 11 is 3.45. The molecule has 0 unspecified atom stereocenters. The summed E-state index contributed by atoms with van der Waals surface area (Å²) in [5.41, 5.74) is 3.35. The summed E-state index contributed by atoms with van der Waals surface area (Å²) in [5.74, 6) is 0.194. The Bertz CT molecular complexity index is 465. The Labute approximate surface area is 104 Å². The average molecular weight is 280 g/mol. The Balaban J connectivity index is 2.44. The van der Waals surface area contributed by atoms with E-state index in [1.165, 1.54) is 5.56 Å². The number of aryl methyl sites for hydroxylation is 1. The third kappa shape index (κ3) is 2.05. The molecule has 1 aliphatic rings. The van der Waals surface area contributed by atoms with E-state index in [1.54, 1.807) is 4.90 Å². The van der Waals surface area contributed by atoms with Crippen molar-refractivity contribution >= 4 is 27.5 Å². The lowest BCUT2D eigenvalue weighted by molar-refractivity contribution is -0.127. The standard InChI is InChI=1S/C13H14BrNO/c1-9-8-10(14)6-7-11(9)12-4-3-5-13(16)15(12)2/h4,6-8H,3,5H2,1-2H3. The molecule has 84 valence electrons. The molecule has 0 bridgehead atoms. The second-order valence-corrected chi connectivity index (χ2v) is 4.96. The van der Waals surface area contributed by atoms with Gasteiger partial charge in [-0.05, 0) is 31.0 Å². The molecule has 0 saturated heterocycles. The molecule has 1 amide bonds. The van der Waals surface area contributed by atoms with Gasteiger partial charge in [0.15, 0.2) is 0 Å². The molecule has 0 aromatic heterocycles. The van der Waals surface area contributed by atoms with Crippen LogP contribution in [0.25, 0.3) is 5.70 Å². The summed E-state index contributed by atoms with van der Waals surface area (Å²) in [6, 6.07) is 6.14. The average Bonchev–Trinajstić information content (AvgIpc) is 2.23. The molecule has 0 aliphatic carbocycles. The number of hydrogen-bond acceptors (Lipinski definition) is 1. The van der Waals surface area contributed by atoms with Crippen molar-refractivity contribution in [2.75, 3.05) is 7.05 Å². The molecule has 0 N–H and O–H groups in total. The van der Waals surface area contributed by atoms with Gasteiger partial charge in [-0.1, -0.05) is 28.1 Å². The molecule has 1 heterocycles. The van der Waals surface area contributed by atoms with E-state index in [0.717, 1.165) is 22.2 Å². The van der Waals surface area contributed by atoms with Crippen LogP contribution in [-0.4, -0.2) is 17.9 Å². The predicted octanol–water partition coefficient (Wildman–Crippen LogP) is 3.35. The summed E-state index contributed by atoms with van der Waals surface area (Å²) in [5, 5.41) is 0. The lowest BCUT2D eigenvalue weighted by atomic mass is 10.0. The summed E-state index contributed by atoms with van der Waals surface area (Å²) in [6.45, 7) is 2.06. The van der Waals surface area contributed by atoms with Gasteiger partial charge in [0.25, 0.3) is 0 Å². The summed E-state index contributed by atoms with van der Waals surface area (Å²) in [7, 11) is 1.84. The Kier molecular flexibility index (Phi) is 3.15. The minimum atomic E-state index is 0.194. The van der Waals surface area contributed by atoms with Gasteiger partial charge in [0, 0.05) is 29.2 Å². The minimum Gasteiger partial charge on any atom is -0.315 e. The zero-order valence-corrected chi connectivity index (χ0v) is 11.0. The second kappa shape index (κ2) is 4.42. The third-order valence-electron chi connectivity index (χ3n) is 2.90. The SMILES string of the molecule is Cc1cc(Br)ccc1C1=CCCC(=O)N1C. The molecular weight excluding hydrogens is 266 g/mol. The first-order valence-electron chi connectivity index (χ1n) is 5.33. The summed E-state index contributed by atoms with van der Waals surface area (Å²) < 4.78 is 1.07. The first-order chi connectivity index (χ1) is 7.59. The molecule has 0 fully saturated rings. The molecule has 1 aromatic carbocycles. The van der Waals surface area contributed by atoms with Crippen molar-refractivity contribution in [3.8, 4) is 0 Å². The van der Waals surface area contributed by atoms with Crippen molar-refractivity contribution in [3.05, 3.63) is 39.9 Å². The number of hydrogen-bond donors (Lipinski definition) is 0. The molecule has 0 saturated carbocycles. The smallest absolute Gasteiger partial charge is 0.227 e. The molecule has 2 nitrogen and oxygen atoms in total. The number of rotatable bonds is 1. The van der Waals surface area contributed by atoms with Gasteiger partial charge in [-0.15, -0.1) is 0 Å². The Hall–Kier alpha value is -1.09. The van der Waals surface area contributed by atoms with E-state index in [2.05, 4.69) is 41.1 Å². The lowest BCUT2D eigenvalue weighted by Crippen LogP contribution is -2.27. The van der Waals surface area contributed by atoms with E-state index in [9.17, 15) is 4.79 Å². The zero-order valence-electron chi connectivity index (χ0n) is 9.46. The normalized spacial score (nSPS) is 16.3. The van der Waals surface area contributed by atoms with Crippen molar-refractivity contribution in [1.29, 1.82) is 0 Å². The molecule has 1 aromatic rings. The first kappa shape index (κ1) is 11.4. The van der Waals surface area contributed by atoms with Gasteiger partial charge < -0.3 is 4.90 Å². The molecule has 0 spiro atoms. The topological polar surface area (TPSA) is 20.3 Å². The van der Waals surface area contributed by atoms with Crippen molar-refractivity contribution in [2.24, 2.45) is 0 Å². The molecule has 3 heteroatoms. The van der Waals surface area contributed by atoms with Crippen LogP contribution in [0.2, 0.25) is 0 Å². The van der Waals surface area contributed by atoms with Crippen LogP contribution in [-0.2, 0) is 4.79 Å². The number of amides is 1. The quantitative estimate of drug-likeness (QED) is 0.772. The Morgan fingerprint density at radius 3 is 2.81 bits per heavy atom. The minimum absolute atomic E-state index is 0.194. The number of allylic oxidation sites excluding steroid dienone is 1. The number of carbonyl (C=O) groups excluding carboxylic acids is 1. The number of nitrogens with zero attached hydrogens (tertiary/aromatic N) is 1. The van der Waals surface area contributed by atoms with Crippen LogP contribution < -0.4 is 0 Å². The molecule has 1 aliphatic heterocycles. The summed E-state index contributed by atoms with van der Waals surface area (Å²) in [6.07, 6.45) is 3.60. The number of carbonyl (C=O) groups is 1. The van der Waals surface area contributed by atoms with E-state index >= 15 is 0 Å². The van der Waals surface area contributed by atoms with E-state index in [4.69, 9.17) is 0 Å². The summed E-state index contributed by atoms with van der Waals surface area (Å²) in [4.78, 5) is 13.4. The Morgan fingerprint density at radius 1 is 1.38 bits per heavy atom. The molecule has 16 heavy (non-hydrogen) atoms. The number of benzene rings is 1. The van der Waals surface area contributed by atoms with E-state index < -0.39 is 0 Å². The van der Waals surface area contributed by atoms with E-state index in [0.29, 0.717) is 6.42 Å². The maximum absolute atomic E-state index is 11.6. The fourth-order valence-corrected chi connectivity index (χ4v) is 2.45. The lowest BCUT2D eigenvalue weighted by Gasteiger charge is -2.26. The third-order valence-corrected chi connectivity index (χ3v) is 3.39. The van der Waals surface area contributed by atoms with E-state index in [1.807, 2.05) is 13.1 Å². The first-order valence-corrected chi connectivity index (χ1v) is 6.12. The monoisotopic (exact) mass is 279 g/mol. The predicted molar refractivity (Wildman–Crippen MR) is 68.9 cm³/mol. The van der Waals surface area contributed by atoms with E-state index in [-0.39, 0.29) is 5.91 Å². The molecule has 0 atom stereocenters. The van der Waals surface area contributed by atoms with Crippen molar-refractivity contribution in [1.82, 2.24) is 4.90 Å². The van der Waals surface area contributed by atoms with Crippen LogP contribution in [0.5, 0.6) is 0 Å². The maximum Gasteiger partial charge on any atom is 0.227 e. The van der Waals surface area contributed by atoms with Crippen LogP contribution in [0.4, 0.5) is 0 Å². The van der Waals surface area contributed by atoms with Crippen molar-refractivity contribution in [2.45, 2.75) is 19.8 Å². The molecule has 2 rings (SSSR count). The molecular formula is C13H14BrNO. The highest BCUT2D eigenvalue weighted by atomic mass is 79.9. The van der Waals surface area contributed by atoms with Crippen LogP contribution in [0, 0.1) is 6.92 Å². The van der Waals surface area contributed by atoms with Gasteiger partial charge in [-0.2, -0.15) is 0 Å². The van der Waals surface area contributed by atoms with Gasteiger partial charge in [-0.3, -0.25) is 4.79 Å². The van der Waals surface area contributed by atoms with Gasteiger partial charge in [0.1, 0.15) is 0 Å². The Morgan fingerprint density at radius 2 is 2.12 bits per heavy atom. The van der Waals surface area contributed by atoms with Gasteiger partial charge in [0.05, 0.1) is 0 Å². The highest BCUT2D eigenvalue weighted by Gasteiger charge is 2.19. The number of halogens is 1.